The lowest BCUT2D eigenvalue weighted by Gasteiger charge is -2.18. The SMILES string of the molecule is CCNCCCN(C)S(=O)(=O)Nc1ccc(F)c(OC)c1. The molecule has 1 rings (SSSR count). The van der Waals surface area contributed by atoms with Crippen LogP contribution in [-0.4, -0.2) is 46.5 Å². The highest BCUT2D eigenvalue weighted by atomic mass is 32.2. The maximum Gasteiger partial charge on any atom is 0.301 e. The predicted octanol–water partition coefficient (Wildman–Crippen LogP) is 1.42. The van der Waals surface area contributed by atoms with Gasteiger partial charge < -0.3 is 10.1 Å². The molecule has 0 bridgehead atoms. The normalized spacial score (nSPS) is 11.7. The second-order valence-electron chi connectivity index (χ2n) is 4.49. The number of benzene rings is 1. The van der Waals surface area contributed by atoms with Crippen molar-refractivity contribution in [3.05, 3.63) is 24.0 Å². The Bertz CT molecular complexity index is 552. The van der Waals surface area contributed by atoms with Crippen molar-refractivity contribution in [2.45, 2.75) is 13.3 Å². The van der Waals surface area contributed by atoms with E-state index in [0.29, 0.717) is 13.0 Å². The Balaban J connectivity index is 2.66. The summed E-state index contributed by atoms with van der Waals surface area (Å²) in [6.07, 6.45) is 0.706. The molecule has 21 heavy (non-hydrogen) atoms. The molecule has 0 heterocycles. The molecule has 0 amide bonds. The Labute approximate surface area is 125 Å². The molecule has 0 fully saturated rings. The molecule has 0 aliphatic rings. The van der Waals surface area contributed by atoms with E-state index in [1.807, 2.05) is 6.92 Å². The first-order valence-corrected chi connectivity index (χ1v) is 8.13. The summed E-state index contributed by atoms with van der Waals surface area (Å²) in [4.78, 5) is 0. The van der Waals surface area contributed by atoms with E-state index in [1.54, 1.807) is 0 Å². The van der Waals surface area contributed by atoms with Crippen molar-refractivity contribution in [2.75, 3.05) is 38.5 Å². The van der Waals surface area contributed by atoms with Crippen LogP contribution in [0.5, 0.6) is 5.75 Å². The first-order valence-electron chi connectivity index (χ1n) is 6.69. The Morgan fingerprint density at radius 1 is 1.38 bits per heavy atom. The zero-order valence-electron chi connectivity index (χ0n) is 12.5. The average Bonchev–Trinajstić information content (AvgIpc) is 2.45. The van der Waals surface area contributed by atoms with Crippen LogP contribution in [0.25, 0.3) is 0 Å². The van der Waals surface area contributed by atoms with Crippen LogP contribution >= 0.6 is 0 Å². The Hall–Kier alpha value is -1.38. The minimum Gasteiger partial charge on any atom is -0.494 e. The maximum atomic E-state index is 13.3. The zero-order chi connectivity index (χ0) is 15.9. The number of halogens is 1. The van der Waals surface area contributed by atoms with Crippen molar-refractivity contribution in [3.63, 3.8) is 0 Å². The topological polar surface area (TPSA) is 70.7 Å². The third-order valence-electron chi connectivity index (χ3n) is 2.88. The van der Waals surface area contributed by atoms with Crippen LogP contribution in [0.15, 0.2) is 18.2 Å². The molecule has 8 heteroatoms. The number of ether oxygens (including phenoxy) is 1. The summed E-state index contributed by atoms with van der Waals surface area (Å²) in [5.41, 5.74) is 0.256. The largest absolute Gasteiger partial charge is 0.494 e. The number of nitrogens with one attached hydrogen (secondary N) is 2. The first kappa shape index (κ1) is 17.7. The molecule has 0 unspecified atom stereocenters. The fourth-order valence-corrected chi connectivity index (χ4v) is 2.62. The van der Waals surface area contributed by atoms with E-state index in [4.69, 9.17) is 4.74 Å². The van der Waals surface area contributed by atoms with Crippen LogP contribution in [0, 0.1) is 5.82 Å². The highest BCUT2D eigenvalue weighted by Gasteiger charge is 2.17. The summed E-state index contributed by atoms with van der Waals surface area (Å²) in [6.45, 7) is 3.98. The standard InChI is InChI=1S/C13H22FN3O3S/c1-4-15-8-5-9-17(2)21(18,19)16-11-6-7-12(14)13(10-11)20-3/h6-7,10,15-16H,4-5,8-9H2,1-3H3. The molecule has 0 saturated carbocycles. The lowest BCUT2D eigenvalue weighted by atomic mass is 10.3. The smallest absolute Gasteiger partial charge is 0.301 e. The van der Waals surface area contributed by atoms with Crippen molar-refractivity contribution < 1.29 is 17.5 Å². The first-order chi connectivity index (χ1) is 9.90. The van der Waals surface area contributed by atoms with Gasteiger partial charge in [-0.05, 0) is 31.6 Å². The third-order valence-corrected chi connectivity index (χ3v) is 4.38. The summed E-state index contributed by atoms with van der Waals surface area (Å²) < 4.78 is 45.9. The third kappa shape index (κ3) is 5.49. The van der Waals surface area contributed by atoms with E-state index in [0.717, 1.165) is 19.2 Å². The number of methoxy groups -OCH3 is 1. The summed E-state index contributed by atoms with van der Waals surface area (Å²) in [5, 5.41) is 3.13. The molecule has 0 aromatic heterocycles. The molecule has 0 spiro atoms. The molecule has 1 aromatic rings. The average molecular weight is 319 g/mol. The van der Waals surface area contributed by atoms with Gasteiger partial charge in [-0.25, -0.2) is 4.39 Å². The fourth-order valence-electron chi connectivity index (χ4n) is 1.67. The lowest BCUT2D eigenvalue weighted by Crippen LogP contribution is -2.34. The Morgan fingerprint density at radius 3 is 2.71 bits per heavy atom. The van der Waals surface area contributed by atoms with Crippen LogP contribution in [-0.2, 0) is 10.2 Å². The minimum atomic E-state index is -3.66. The zero-order valence-corrected chi connectivity index (χ0v) is 13.3. The van der Waals surface area contributed by atoms with Crippen LogP contribution in [0.2, 0.25) is 0 Å². The molecular weight excluding hydrogens is 297 g/mol. The van der Waals surface area contributed by atoms with Gasteiger partial charge in [-0.2, -0.15) is 12.7 Å². The molecule has 0 atom stereocenters. The van der Waals surface area contributed by atoms with Crippen LogP contribution in [0.3, 0.4) is 0 Å². The minimum absolute atomic E-state index is 0.00926. The van der Waals surface area contributed by atoms with Gasteiger partial charge in [0.15, 0.2) is 11.6 Å². The van der Waals surface area contributed by atoms with Gasteiger partial charge in [0.1, 0.15) is 0 Å². The van der Waals surface area contributed by atoms with Crippen LogP contribution in [0.4, 0.5) is 10.1 Å². The van der Waals surface area contributed by atoms with Gasteiger partial charge in [0.25, 0.3) is 0 Å². The quantitative estimate of drug-likeness (QED) is 0.676. The van der Waals surface area contributed by atoms with Gasteiger partial charge in [-0.3, -0.25) is 4.72 Å². The van der Waals surface area contributed by atoms with Gasteiger partial charge in [0, 0.05) is 19.7 Å². The molecule has 6 nitrogen and oxygen atoms in total. The monoisotopic (exact) mass is 319 g/mol. The second-order valence-corrected chi connectivity index (χ2v) is 6.26. The molecule has 1 aromatic carbocycles. The summed E-state index contributed by atoms with van der Waals surface area (Å²) in [5.74, 6) is -0.551. The Kier molecular flexibility index (Phi) is 6.86. The lowest BCUT2D eigenvalue weighted by molar-refractivity contribution is 0.387. The van der Waals surface area contributed by atoms with Gasteiger partial charge in [0.2, 0.25) is 0 Å². The summed E-state index contributed by atoms with van der Waals surface area (Å²) in [7, 11) is -0.843. The van der Waals surface area contributed by atoms with Crippen LogP contribution < -0.4 is 14.8 Å². The van der Waals surface area contributed by atoms with Gasteiger partial charge in [-0.15, -0.1) is 0 Å². The van der Waals surface area contributed by atoms with Crippen LogP contribution in [0.1, 0.15) is 13.3 Å². The van der Waals surface area contributed by atoms with Crippen molar-refractivity contribution >= 4 is 15.9 Å². The highest BCUT2D eigenvalue weighted by molar-refractivity contribution is 7.90. The van der Waals surface area contributed by atoms with E-state index in [9.17, 15) is 12.8 Å². The summed E-state index contributed by atoms with van der Waals surface area (Å²) in [6, 6.07) is 3.81. The fraction of sp³-hybridized carbons (Fsp3) is 0.538. The number of rotatable bonds is 9. The second kappa shape index (κ2) is 8.16. The van der Waals surface area contributed by atoms with Gasteiger partial charge in [0.05, 0.1) is 12.8 Å². The molecule has 120 valence electrons. The molecule has 0 saturated heterocycles. The molecule has 0 aliphatic carbocycles. The van der Waals surface area contributed by atoms with Gasteiger partial charge >= 0.3 is 10.2 Å². The van der Waals surface area contributed by atoms with E-state index < -0.39 is 16.0 Å². The molecular formula is C13H22FN3O3S. The van der Waals surface area contributed by atoms with Crippen molar-refractivity contribution in [1.82, 2.24) is 9.62 Å². The van der Waals surface area contributed by atoms with Crippen molar-refractivity contribution in [1.29, 1.82) is 0 Å². The predicted molar refractivity (Wildman–Crippen MR) is 81.3 cm³/mol. The van der Waals surface area contributed by atoms with E-state index >= 15 is 0 Å². The molecule has 0 radical (unpaired) electrons. The maximum absolute atomic E-state index is 13.3. The van der Waals surface area contributed by atoms with E-state index in [1.165, 1.54) is 30.6 Å². The van der Waals surface area contributed by atoms with Crippen molar-refractivity contribution in [3.8, 4) is 5.75 Å². The number of nitrogens with zero attached hydrogens (tertiary/aromatic N) is 1. The van der Waals surface area contributed by atoms with E-state index in [-0.39, 0.29) is 11.4 Å². The number of hydrogen-bond donors (Lipinski definition) is 2. The number of hydrogen-bond acceptors (Lipinski definition) is 4. The Morgan fingerprint density at radius 2 is 2.10 bits per heavy atom. The highest BCUT2D eigenvalue weighted by Crippen LogP contribution is 2.22. The molecule has 2 N–H and O–H groups in total. The summed E-state index contributed by atoms with van der Waals surface area (Å²) >= 11 is 0. The van der Waals surface area contributed by atoms with E-state index in [2.05, 4.69) is 10.0 Å². The molecule has 0 aliphatic heterocycles. The van der Waals surface area contributed by atoms with Crippen molar-refractivity contribution in [2.24, 2.45) is 0 Å². The van der Waals surface area contributed by atoms with Gasteiger partial charge in [-0.1, -0.05) is 6.92 Å². The number of anilines is 1.